The maximum absolute atomic E-state index is 12.7. The summed E-state index contributed by atoms with van der Waals surface area (Å²) in [5.74, 6) is -5.18. The number of halogens is 2. The zero-order valence-electron chi connectivity index (χ0n) is 6.44. The molecule has 2 atom stereocenters. The molecule has 0 bridgehead atoms. The van der Waals surface area contributed by atoms with E-state index in [9.17, 15) is 13.6 Å². The van der Waals surface area contributed by atoms with Gasteiger partial charge in [0.1, 0.15) is 6.10 Å². The second-order valence-corrected chi connectivity index (χ2v) is 2.87. The molecule has 0 aromatic carbocycles. The van der Waals surface area contributed by atoms with Crippen LogP contribution in [-0.4, -0.2) is 39.4 Å². The molecule has 0 aliphatic heterocycles. The van der Waals surface area contributed by atoms with Crippen molar-refractivity contribution in [3.63, 3.8) is 0 Å². The van der Waals surface area contributed by atoms with Crippen molar-refractivity contribution >= 4 is 5.97 Å². The molecule has 1 rings (SSSR count). The van der Waals surface area contributed by atoms with E-state index in [2.05, 4.69) is 0 Å². The number of rotatable bonds is 1. The summed E-state index contributed by atoms with van der Waals surface area (Å²) in [5.41, 5.74) is -0.581. The van der Waals surface area contributed by atoms with Crippen molar-refractivity contribution in [1.29, 1.82) is 0 Å². The molecule has 0 spiro atoms. The first-order valence-electron chi connectivity index (χ1n) is 3.53. The highest BCUT2D eigenvalue weighted by Crippen LogP contribution is 2.31. The lowest BCUT2D eigenvalue weighted by atomic mass is 9.91. The Bertz CT molecular complexity index is 261. The van der Waals surface area contributed by atoms with Crippen LogP contribution in [0.2, 0.25) is 0 Å². The third kappa shape index (κ3) is 1.84. The summed E-state index contributed by atoms with van der Waals surface area (Å²) in [6, 6.07) is 0. The second-order valence-electron chi connectivity index (χ2n) is 2.87. The molecule has 4 nitrogen and oxygen atoms in total. The Labute approximate surface area is 72.1 Å². The normalized spacial score (nSPS) is 32.5. The van der Waals surface area contributed by atoms with E-state index in [4.69, 9.17) is 15.3 Å². The summed E-state index contributed by atoms with van der Waals surface area (Å²) in [6.45, 7) is 0. The van der Waals surface area contributed by atoms with Crippen LogP contribution in [0.15, 0.2) is 11.6 Å². The van der Waals surface area contributed by atoms with Gasteiger partial charge in [-0.2, -0.15) is 8.78 Å². The van der Waals surface area contributed by atoms with E-state index in [-0.39, 0.29) is 6.08 Å². The maximum atomic E-state index is 12.7. The van der Waals surface area contributed by atoms with E-state index >= 15 is 0 Å². The Morgan fingerprint density at radius 3 is 2.46 bits per heavy atom. The van der Waals surface area contributed by atoms with Gasteiger partial charge in [-0.25, -0.2) is 4.79 Å². The number of aliphatic hydroxyl groups is 2. The lowest BCUT2D eigenvalue weighted by Gasteiger charge is -2.28. The number of hydrogen-bond acceptors (Lipinski definition) is 3. The minimum atomic E-state index is -3.68. The van der Waals surface area contributed by atoms with Crippen LogP contribution in [0.4, 0.5) is 8.78 Å². The SMILES string of the molecule is O=C(O)C1=CC(F)(F)[C@H](O)[C@H](O)C1. The van der Waals surface area contributed by atoms with Crippen LogP contribution < -0.4 is 0 Å². The topological polar surface area (TPSA) is 77.8 Å². The van der Waals surface area contributed by atoms with Crippen LogP contribution in [0.5, 0.6) is 0 Å². The molecule has 0 radical (unpaired) electrons. The van der Waals surface area contributed by atoms with Crippen molar-refractivity contribution in [2.24, 2.45) is 0 Å². The van der Waals surface area contributed by atoms with Crippen LogP contribution in [0.1, 0.15) is 6.42 Å². The molecule has 0 saturated heterocycles. The van der Waals surface area contributed by atoms with Crippen LogP contribution in [0.25, 0.3) is 0 Å². The first-order valence-corrected chi connectivity index (χ1v) is 3.53. The third-order valence-electron chi connectivity index (χ3n) is 1.83. The van der Waals surface area contributed by atoms with Gasteiger partial charge in [0.25, 0.3) is 5.92 Å². The molecular formula is C7H8F2O4. The van der Waals surface area contributed by atoms with Gasteiger partial charge in [0.2, 0.25) is 0 Å². The summed E-state index contributed by atoms with van der Waals surface area (Å²) in [6.07, 6.45) is -4.25. The Morgan fingerprint density at radius 2 is 2.08 bits per heavy atom. The summed E-state index contributed by atoms with van der Waals surface area (Å²) in [4.78, 5) is 10.3. The van der Waals surface area contributed by atoms with Gasteiger partial charge in [-0.3, -0.25) is 0 Å². The van der Waals surface area contributed by atoms with Crippen molar-refractivity contribution < 1.29 is 28.9 Å². The van der Waals surface area contributed by atoms with Crippen molar-refractivity contribution in [2.75, 3.05) is 0 Å². The van der Waals surface area contributed by atoms with E-state index in [0.29, 0.717) is 0 Å². The summed E-state index contributed by atoms with van der Waals surface area (Å²) in [5, 5.41) is 26.0. The fourth-order valence-electron chi connectivity index (χ4n) is 1.12. The molecule has 0 unspecified atom stereocenters. The predicted molar refractivity (Wildman–Crippen MR) is 37.3 cm³/mol. The highest BCUT2D eigenvalue weighted by atomic mass is 19.3. The fraction of sp³-hybridized carbons (Fsp3) is 0.571. The number of alkyl halides is 2. The van der Waals surface area contributed by atoms with Gasteiger partial charge >= 0.3 is 5.97 Å². The van der Waals surface area contributed by atoms with Crippen LogP contribution >= 0.6 is 0 Å². The standard InChI is InChI=1S/C7H8F2O4/c8-7(9)2-3(6(12)13)1-4(10)5(7)11/h2,4-5,10-11H,1H2,(H,12,13)/t4-,5-/m1/s1. The molecule has 0 aromatic rings. The third-order valence-corrected chi connectivity index (χ3v) is 1.83. The lowest BCUT2D eigenvalue weighted by Crippen LogP contribution is -2.45. The molecular weight excluding hydrogens is 186 g/mol. The van der Waals surface area contributed by atoms with Crippen molar-refractivity contribution in [3.8, 4) is 0 Å². The summed E-state index contributed by atoms with van der Waals surface area (Å²) in [7, 11) is 0. The fourth-order valence-corrected chi connectivity index (χ4v) is 1.12. The summed E-state index contributed by atoms with van der Waals surface area (Å²) >= 11 is 0. The minimum Gasteiger partial charge on any atom is -0.478 e. The molecule has 0 aromatic heterocycles. The first kappa shape index (κ1) is 10.1. The zero-order chi connectivity index (χ0) is 10.2. The number of carboxylic acid groups (broad SMARTS) is 1. The van der Waals surface area contributed by atoms with Gasteiger partial charge in [0.15, 0.2) is 0 Å². The highest BCUT2D eigenvalue weighted by molar-refractivity contribution is 5.87. The molecule has 74 valence electrons. The Hall–Kier alpha value is -1.01. The molecule has 6 heteroatoms. The average Bonchev–Trinajstić information content (AvgIpc) is 1.99. The quantitative estimate of drug-likeness (QED) is 0.538. The minimum absolute atomic E-state index is 0.173. The molecule has 0 amide bonds. The first-order chi connectivity index (χ1) is 5.84. The number of carboxylic acids is 1. The highest BCUT2D eigenvalue weighted by Gasteiger charge is 2.45. The van der Waals surface area contributed by atoms with Crippen LogP contribution in [-0.2, 0) is 4.79 Å². The van der Waals surface area contributed by atoms with Crippen molar-refractivity contribution in [3.05, 3.63) is 11.6 Å². The van der Waals surface area contributed by atoms with Crippen LogP contribution in [0, 0.1) is 0 Å². The van der Waals surface area contributed by atoms with E-state index in [1.165, 1.54) is 0 Å². The molecule has 1 aliphatic rings. The zero-order valence-corrected chi connectivity index (χ0v) is 6.44. The Balaban J connectivity index is 2.99. The molecule has 1 aliphatic carbocycles. The van der Waals surface area contributed by atoms with E-state index in [0.717, 1.165) is 0 Å². The van der Waals surface area contributed by atoms with Gasteiger partial charge in [-0.05, 0) is 6.08 Å². The number of aliphatic carboxylic acids is 1. The van der Waals surface area contributed by atoms with Gasteiger partial charge in [0, 0.05) is 12.0 Å². The van der Waals surface area contributed by atoms with E-state index < -0.39 is 36.1 Å². The molecule has 0 saturated carbocycles. The second kappa shape index (κ2) is 3.04. The maximum Gasteiger partial charge on any atom is 0.331 e. The monoisotopic (exact) mass is 194 g/mol. The Kier molecular flexibility index (Phi) is 2.36. The number of hydrogen-bond donors (Lipinski definition) is 3. The average molecular weight is 194 g/mol. The molecule has 0 fully saturated rings. The van der Waals surface area contributed by atoms with E-state index in [1.54, 1.807) is 0 Å². The number of aliphatic hydroxyl groups excluding tert-OH is 2. The molecule has 13 heavy (non-hydrogen) atoms. The van der Waals surface area contributed by atoms with Gasteiger partial charge in [-0.1, -0.05) is 0 Å². The van der Waals surface area contributed by atoms with Crippen molar-refractivity contribution in [2.45, 2.75) is 24.6 Å². The van der Waals surface area contributed by atoms with Gasteiger partial charge in [-0.15, -0.1) is 0 Å². The molecule has 0 heterocycles. The lowest BCUT2D eigenvalue weighted by molar-refractivity contribution is -0.142. The summed E-state index contributed by atoms with van der Waals surface area (Å²) < 4.78 is 25.4. The van der Waals surface area contributed by atoms with Crippen LogP contribution in [0.3, 0.4) is 0 Å². The molecule has 3 N–H and O–H groups in total. The smallest absolute Gasteiger partial charge is 0.331 e. The Morgan fingerprint density at radius 1 is 1.54 bits per heavy atom. The largest absolute Gasteiger partial charge is 0.478 e. The van der Waals surface area contributed by atoms with E-state index in [1.807, 2.05) is 0 Å². The van der Waals surface area contributed by atoms with Crippen molar-refractivity contribution in [1.82, 2.24) is 0 Å². The van der Waals surface area contributed by atoms with Gasteiger partial charge in [0.05, 0.1) is 6.10 Å². The predicted octanol–water partition coefficient (Wildman–Crippen LogP) is -0.242. The number of carbonyl (C=O) groups is 1. The van der Waals surface area contributed by atoms with Gasteiger partial charge < -0.3 is 15.3 Å².